The summed E-state index contributed by atoms with van der Waals surface area (Å²) < 4.78 is 0. The van der Waals surface area contributed by atoms with Gasteiger partial charge >= 0.3 is 0 Å². The van der Waals surface area contributed by atoms with Crippen LogP contribution in [-0.2, 0) is 0 Å². The maximum Gasteiger partial charge on any atom is 0.0552 e. The van der Waals surface area contributed by atoms with E-state index >= 15 is 0 Å². The molecule has 0 radical (unpaired) electrons. The molecule has 3 nitrogen and oxygen atoms in total. The van der Waals surface area contributed by atoms with Gasteiger partial charge in [-0.1, -0.05) is 19.3 Å². The lowest BCUT2D eigenvalue weighted by Gasteiger charge is -2.40. The predicted octanol–water partition coefficient (Wildman–Crippen LogP) is 1.86. The molecule has 2 atom stereocenters. The minimum Gasteiger partial charge on any atom is -0.393 e. The van der Waals surface area contributed by atoms with Gasteiger partial charge in [-0.3, -0.25) is 0 Å². The van der Waals surface area contributed by atoms with Crippen LogP contribution in [0.25, 0.3) is 0 Å². The Hall–Kier alpha value is -0.120. The van der Waals surface area contributed by atoms with Crippen molar-refractivity contribution in [2.75, 3.05) is 33.2 Å². The van der Waals surface area contributed by atoms with Crippen molar-refractivity contribution >= 4 is 0 Å². The zero-order chi connectivity index (χ0) is 13.0. The smallest absolute Gasteiger partial charge is 0.0552 e. The normalized spacial score (nSPS) is 30.5. The van der Waals surface area contributed by atoms with Gasteiger partial charge in [-0.25, -0.2) is 0 Å². The summed E-state index contributed by atoms with van der Waals surface area (Å²) in [5.41, 5.74) is 0.501. The van der Waals surface area contributed by atoms with Gasteiger partial charge in [0.05, 0.1) is 6.10 Å². The molecular weight excluding hydrogens is 224 g/mol. The quantitative estimate of drug-likeness (QED) is 0.786. The number of hydrogen-bond donors (Lipinski definition) is 2. The summed E-state index contributed by atoms with van der Waals surface area (Å²) in [4.78, 5) is 2.60. The van der Waals surface area contributed by atoms with E-state index in [-0.39, 0.29) is 6.10 Å². The summed E-state index contributed by atoms with van der Waals surface area (Å²) in [6, 6.07) is 0. The van der Waals surface area contributed by atoms with Crippen LogP contribution in [0.4, 0.5) is 0 Å². The molecule has 3 heteroatoms. The van der Waals surface area contributed by atoms with Crippen LogP contribution in [-0.4, -0.2) is 49.3 Å². The first-order chi connectivity index (χ1) is 8.65. The summed E-state index contributed by atoms with van der Waals surface area (Å²) in [7, 11) is 2.08. The van der Waals surface area contributed by atoms with Crippen LogP contribution in [0.2, 0.25) is 0 Å². The molecule has 2 aliphatic rings. The molecular formula is C15H30N2O. The van der Waals surface area contributed by atoms with Crippen molar-refractivity contribution < 1.29 is 5.11 Å². The lowest BCUT2D eigenvalue weighted by molar-refractivity contribution is 0.0985. The highest BCUT2D eigenvalue weighted by Gasteiger charge is 2.36. The van der Waals surface area contributed by atoms with E-state index in [1.54, 1.807) is 0 Å². The average molecular weight is 254 g/mol. The molecule has 1 aliphatic heterocycles. The highest BCUT2D eigenvalue weighted by atomic mass is 16.3. The molecule has 0 aromatic rings. The van der Waals surface area contributed by atoms with E-state index in [1.807, 2.05) is 6.92 Å². The minimum atomic E-state index is -0.137. The van der Waals surface area contributed by atoms with Crippen LogP contribution in [0.5, 0.6) is 0 Å². The minimum absolute atomic E-state index is 0.137. The van der Waals surface area contributed by atoms with Gasteiger partial charge in [0.25, 0.3) is 0 Å². The van der Waals surface area contributed by atoms with Crippen molar-refractivity contribution in [3.05, 3.63) is 0 Å². The summed E-state index contributed by atoms with van der Waals surface area (Å²) in [6.07, 6.45) is 8.01. The van der Waals surface area contributed by atoms with E-state index in [0.29, 0.717) is 11.3 Å². The third-order valence-corrected chi connectivity index (χ3v) is 5.02. The van der Waals surface area contributed by atoms with E-state index < -0.39 is 0 Å². The number of hydrogen-bond acceptors (Lipinski definition) is 3. The van der Waals surface area contributed by atoms with Crippen molar-refractivity contribution in [2.45, 2.75) is 51.6 Å². The first-order valence-electron chi connectivity index (χ1n) is 7.70. The predicted molar refractivity (Wildman–Crippen MR) is 75.7 cm³/mol. The van der Waals surface area contributed by atoms with Crippen molar-refractivity contribution in [2.24, 2.45) is 11.3 Å². The number of aliphatic hydroxyl groups excluding tert-OH is 1. The fourth-order valence-corrected chi connectivity index (χ4v) is 3.94. The van der Waals surface area contributed by atoms with Gasteiger partial charge < -0.3 is 15.3 Å². The summed E-state index contributed by atoms with van der Waals surface area (Å²) in [5, 5.41) is 13.1. The van der Waals surface area contributed by atoms with Crippen molar-refractivity contribution in [1.82, 2.24) is 10.2 Å². The number of rotatable bonds is 5. The molecule has 1 aliphatic carbocycles. The zero-order valence-corrected chi connectivity index (χ0v) is 12.1. The fraction of sp³-hybridized carbons (Fsp3) is 1.00. The van der Waals surface area contributed by atoms with Gasteiger partial charge in [0, 0.05) is 19.6 Å². The second-order valence-electron chi connectivity index (χ2n) is 6.62. The summed E-state index contributed by atoms with van der Waals surface area (Å²) in [6.45, 7) is 6.61. The standard InChI is InChI=1S/C15H30N2O/c1-13(18)14-6-9-17(10-14)12-15(11-16-2)7-4-3-5-8-15/h13-14,16,18H,3-12H2,1-2H3. The molecule has 1 saturated carbocycles. The molecule has 2 rings (SSSR count). The Balaban J connectivity index is 1.89. The Labute approximate surface area is 112 Å². The number of nitrogens with zero attached hydrogens (tertiary/aromatic N) is 1. The second-order valence-corrected chi connectivity index (χ2v) is 6.62. The Bertz CT molecular complexity index is 243. The van der Waals surface area contributed by atoms with E-state index in [4.69, 9.17) is 0 Å². The Morgan fingerprint density at radius 1 is 1.33 bits per heavy atom. The Kier molecular flexibility index (Phi) is 5.05. The molecule has 0 bridgehead atoms. The van der Waals surface area contributed by atoms with Gasteiger partial charge in [0.15, 0.2) is 0 Å². The maximum atomic E-state index is 9.70. The Morgan fingerprint density at radius 3 is 2.61 bits per heavy atom. The fourth-order valence-electron chi connectivity index (χ4n) is 3.94. The molecule has 0 amide bonds. The van der Waals surface area contributed by atoms with Crippen LogP contribution in [0.15, 0.2) is 0 Å². The van der Waals surface area contributed by atoms with Crippen LogP contribution >= 0.6 is 0 Å². The zero-order valence-electron chi connectivity index (χ0n) is 12.1. The van der Waals surface area contributed by atoms with Crippen LogP contribution in [0.1, 0.15) is 45.4 Å². The first-order valence-corrected chi connectivity index (χ1v) is 7.70. The summed E-state index contributed by atoms with van der Waals surface area (Å²) >= 11 is 0. The maximum absolute atomic E-state index is 9.70. The number of aliphatic hydroxyl groups is 1. The monoisotopic (exact) mass is 254 g/mol. The summed E-state index contributed by atoms with van der Waals surface area (Å²) in [5.74, 6) is 0.500. The molecule has 1 saturated heterocycles. The van der Waals surface area contributed by atoms with Gasteiger partial charge in [0.1, 0.15) is 0 Å². The van der Waals surface area contributed by atoms with Gasteiger partial charge in [0.2, 0.25) is 0 Å². The third kappa shape index (κ3) is 3.46. The highest BCUT2D eigenvalue weighted by molar-refractivity contribution is 4.90. The topological polar surface area (TPSA) is 35.5 Å². The molecule has 2 N–H and O–H groups in total. The molecule has 2 fully saturated rings. The largest absolute Gasteiger partial charge is 0.393 e. The van der Waals surface area contributed by atoms with Crippen LogP contribution in [0, 0.1) is 11.3 Å². The first kappa shape index (κ1) is 14.3. The lowest BCUT2D eigenvalue weighted by Crippen LogP contribution is -2.44. The van der Waals surface area contributed by atoms with Crippen LogP contribution in [0.3, 0.4) is 0 Å². The molecule has 2 unspecified atom stereocenters. The van der Waals surface area contributed by atoms with Crippen molar-refractivity contribution in [3.63, 3.8) is 0 Å². The SMILES string of the molecule is CNCC1(CN2CCC(C(C)O)C2)CCCCC1. The molecule has 0 spiro atoms. The van der Waals surface area contributed by atoms with Crippen molar-refractivity contribution in [1.29, 1.82) is 0 Å². The lowest BCUT2D eigenvalue weighted by atomic mass is 9.73. The van der Waals surface area contributed by atoms with Gasteiger partial charge in [-0.15, -0.1) is 0 Å². The van der Waals surface area contributed by atoms with E-state index in [1.165, 1.54) is 51.6 Å². The van der Waals surface area contributed by atoms with Crippen LogP contribution < -0.4 is 5.32 Å². The third-order valence-electron chi connectivity index (χ3n) is 5.02. The average Bonchev–Trinajstić information content (AvgIpc) is 2.79. The molecule has 1 heterocycles. The Morgan fingerprint density at radius 2 is 2.06 bits per heavy atom. The molecule has 106 valence electrons. The number of likely N-dealkylation sites (tertiary alicyclic amines) is 1. The molecule has 18 heavy (non-hydrogen) atoms. The van der Waals surface area contributed by atoms with Gasteiger partial charge in [-0.2, -0.15) is 0 Å². The molecule has 0 aromatic heterocycles. The van der Waals surface area contributed by atoms with E-state index in [9.17, 15) is 5.11 Å². The molecule has 0 aromatic carbocycles. The second kappa shape index (κ2) is 6.36. The highest BCUT2D eigenvalue weighted by Crippen LogP contribution is 2.37. The van der Waals surface area contributed by atoms with E-state index in [2.05, 4.69) is 17.3 Å². The number of nitrogens with one attached hydrogen (secondary N) is 1. The van der Waals surface area contributed by atoms with Crippen molar-refractivity contribution in [3.8, 4) is 0 Å². The van der Waals surface area contributed by atoms with E-state index in [0.717, 1.165) is 13.1 Å². The van der Waals surface area contributed by atoms with Gasteiger partial charge in [-0.05, 0) is 51.1 Å².